The lowest BCUT2D eigenvalue weighted by Crippen LogP contribution is -2.22. The van der Waals surface area contributed by atoms with Gasteiger partial charge in [0.25, 0.3) is 11.8 Å². The van der Waals surface area contributed by atoms with Gasteiger partial charge in [-0.2, -0.15) is 18.3 Å². The third kappa shape index (κ3) is 7.27. The zero-order valence-electron chi connectivity index (χ0n) is 17.8. The molecule has 0 aliphatic heterocycles. The summed E-state index contributed by atoms with van der Waals surface area (Å²) in [4.78, 5) is 24.3. The lowest BCUT2D eigenvalue weighted by molar-refractivity contribution is -0.138. The normalized spacial score (nSPS) is 11.4. The minimum Gasteiger partial charge on any atom is -0.481 e. The summed E-state index contributed by atoms with van der Waals surface area (Å²) in [7, 11) is 0. The van der Waals surface area contributed by atoms with Crippen LogP contribution in [-0.2, 0) is 11.0 Å². The number of anilines is 1. The fraction of sp³-hybridized carbons (Fsp3) is 0.0870. The minimum absolute atomic E-state index is 0.0166. The number of ether oxygens (including phenoxy) is 1. The van der Waals surface area contributed by atoms with Crippen LogP contribution in [0.5, 0.6) is 5.75 Å². The van der Waals surface area contributed by atoms with Gasteiger partial charge in [0, 0.05) is 5.69 Å². The van der Waals surface area contributed by atoms with Crippen LogP contribution in [0.4, 0.5) is 18.9 Å². The van der Waals surface area contributed by atoms with E-state index in [1.165, 1.54) is 36.4 Å². The van der Waals surface area contributed by atoms with Crippen molar-refractivity contribution in [1.82, 2.24) is 5.43 Å². The predicted molar refractivity (Wildman–Crippen MR) is 134 cm³/mol. The van der Waals surface area contributed by atoms with Gasteiger partial charge in [-0.3, -0.25) is 9.59 Å². The molecule has 2 amide bonds. The van der Waals surface area contributed by atoms with Gasteiger partial charge in [-0.05, 0) is 48.0 Å². The summed E-state index contributed by atoms with van der Waals surface area (Å²) in [5, 5.41) is 6.87. The van der Waals surface area contributed by atoms with E-state index in [-0.39, 0.29) is 20.8 Å². The lowest BCUT2D eigenvalue weighted by atomic mass is 10.1. The predicted octanol–water partition coefficient (Wildman–Crippen LogP) is 7.10. The first-order valence-corrected chi connectivity index (χ1v) is 11.3. The van der Waals surface area contributed by atoms with E-state index >= 15 is 0 Å². The second-order valence-electron chi connectivity index (χ2n) is 7.02. The van der Waals surface area contributed by atoms with Crippen LogP contribution in [0, 0.1) is 0 Å². The second-order valence-corrected chi connectivity index (χ2v) is 8.65. The fourth-order valence-electron chi connectivity index (χ4n) is 2.85. The zero-order chi connectivity index (χ0) is 26.5. The van der Waals surface area contributed by atoms with E-state index < -0.39 is 35.7 Å². The van der Waals surface area contributed by atoms with Crippen LogP contribution >= 0.6 is 46.4 Å². The van der Waals surface area contributed by atoms with E-state index in [2.05, 4.69) is 10.4 Å². The summed E-state index contributed by atoms with van der Waals surface area (Å²) in [5.41, 5.74) is 1.07. The molecule has 3 aromatic carbocycles. The molecule has 6 nitrogen and oxygen atoms in total. The number of hydrogen-bond donors (Lipinski definition) is 2. The van der Waals surface area contributed by atoms with Gasteiger partial charge in [0.1, 0.15) is 0 Å². The van der Waals surface area contributed by atoms with Gasteiger partial charge < -0.3 is 10.1 Å². The molecule has 0 aromatic heterocycles. The number of amides is 2. The first kappa shape index (κ1) is 27.6. The highest BCUT2D eigenvalue weighted by atomic mass is 35.5. The van der Waals surface area contributed by atoms with E-state index in [1.54, 1.807) is 6.07 Å². The molecule has 0 spiro atoms. The Hall–Kier alpha value is -2.98. The number of hydrazone groups is 1. The molecule has 0 aliphatic carbocycles. The van der Waals surface area contributed by atoms with Crippen molar-refractivity contribution in [3.05, 3.63) is 91.4 Å². The molecule has 13 heteroatoms. The molecule has 0 heterocycles. The van der Waals surface area contributed by atoms with Crippen LogP contribution < -0.4 is 15.5 Å². The molecule has 0 unspecified atom stereocenters. The average molecular weight is 579 g/mol. The molecule has 3 rings (SSSR count). The van der Waals surface area contributed by atoms with Gasteiger partial charge in [-0.1, -0.05) is 58.5 Å². The van der Waals surface area contributed by atoms with Crippen LogP contribution in [0.3, 0.4) is 0 Å². The van der Waals surface area contributed by atoms with Crippen molar-refractivity contribution in [3.8, 4) is 5.75 Å². The monoisotopic (exact) mass is 577 g/mol. The number of carbonyl (C=O) groups excluding carboxylic acids is 2. The van der Waals surface area contributed by atoms with E-state index in [4.69, 9.17) is 51.1 Å². The van der Waals surface area contributed by atoms with Gasteiger partial charge in [0.15, 0.2) is 12.4 Å². The van der Waals surface area contributed by atoms with Crippen molar-refractivity contribution in [2.75, 3.05) is 11.9 Å². The van der Waals surface area contributed by atoms with Gasteiger partial charge in [0.2, 0.25) is 0 Å². The Morgan fingerprint density at radius 3 is 2.22 bits per heavy atom. The Labute approximate surface area is 222 Å². The van der Waals surface area contributed by atoms with Gasteiger partial charge in [-0.15, -0.1) is 0 Å². The third-order valence-electron chi connectivity index (χ3n) is 4.43. The van der Waals surface area contributed by atoms with Crippen LogP contribution in [0.15, 0.2) is 59.7 Å². The van der Waals surface area contributed by atoms with Gasteiger partial charge in [0.05, 0.1) is 37.4 Å². The molecule has 0 bridgehead atoms. The molecule has 36 heavy (non-hydrogen) atoms. The smallest absolute Gasteiger partial charge is 0.417 e. The Kier molecular flexibility index (Phi) is 9.08. The highest BCUT2D eigenvalue weighted by Crippen LogP contribution is 2.34. The summed E-state index contributed by atoms with van der Waals surface area (Å²) in [5.74, 6) is -1.56. The van der Waals surface area contributed by atoms with Crippen LogP contribution in [0.25, 0.3) is 0 Å². The quantitative estimate of drug-likeness (QED) is 0.232. The Morgan fingerprint density at radius 2 is 1.58 bits per heavy atom. The van der Waals surface area contributed by atoms with Crippen molar-refractivity contribution in [3.63, 3.8) is 0 Å². The number of benzene rings is 3. The van der Waals surface area contributed by atoms with E-state index in [1.807, 2.05) is 5.43 Å². The second kappa shape index (κ2) is 11.8. The molecule has 0 saturated carbocycles. The number of hydrogen-bond acceptors (Lipinski definition) is 4. The molecule has 3 aromatic rings. The number of halogens is 7. The maximum atomic E-state index is 13.1. The van der Waals surface area contributed by atoms with Crippen molar-refractivity contribution >= 4 is 70.1 Å². The number of carbonyl (C=O) groups is 2. The van der Waals surface area contributed by atoms with Crippen molar-refractivity contribution in [1.29, 1.82) is 0 Å². The molecular formula is C23H14Cl4F3N3O3. The summed E-state index contributed by atoms with van der Waals surface area (Å²) in [6, 6.07) is 11.6. The number of nitrogens with one attached hydrogen (secondary N) is 2. The number of alkyl halides is 3. The Bertz CT molecular complexity index is 1310. The third-order valence-corrected chi connectivity index (χ3v) is 5.73. The molecule has 188 valence electrons. The number of rotatable bonds is 7. The molecule has 2 N–H and O–H groups in total. The molecule has 0 aliphatic rings. The molecule has 0 atom stereocenters. The van der Waals surface area contributed by atoms with Crippen molar-refractivity contribution in [2.24, 2.45) is 5.10 Å². The zero-order valence-corrected chi connectivity index (χ0v) is 20.8. The van der Waals surface area contributed by atoms with E-state index in [0.29, 0.717) is 16.3 Å². The first-order chi connectivity index (χ1) is 17.0. The maximum Gasteiger partial charge on any atom is 0.417 e. The van der Waals surface area contributed by atoms with Crippen LogP contribution in [0.2, 0.25) is 20.1 Å². The maximum absolute atomic E-state index is 13.1. The molecule has 0 fully saturated rings. The SMILES string of the molecule is O=C(COc1c(Cl)cc(/C=N/NC(=O)c2ccccc2C(F)(F)F)cc1Cl)Nc1ccc(Cl)c(Cl)c1. The largest absolute Gasteiger partial charge is 0.481 e. The molecular weight excluding hydrogens is 565 g/mol. The highest BCUT2D eigenvalue weighted by molar-refractivity contribution is 6.42. The van der Waals surface area contributed by atoms with Gasteiger partial charge in [-0.25, -0.2) is 5.43 Å². The summed E-state index contributed by atoms with van der Waals surface area (Å²) in [6.07, 6.45) is -3.57. The number of nitrogens with zero attached hydrogens (tertiary/aromatic N) is 1. The Balaban J connectivity index is 1.62. The van der Waals surface area contributed by atoms with Crippen LogP contribution in [0.1, 0.15) is 21.5 Å². The summed E-state index contributed by atoms with van der Waals surface area (Å²) >= 11 is 24.1. The average Bonchev–Trinajstić information content (AvgIpc) is 2.80. The first-order valence-electron chi connectivity index (χ1n) is 9.82. The van der Waals surface area contributed by atoms with Crippen molar-refractivity contribution < 1.29 is 27.5 Å². The summed E-state index contributed by atoms with van der Waals surface area (Å²) in [6.45, 7) is -0.429. The topological polar surface area (TPSA) is 79.8 Å². The fourth-order valence-corrected chi connectivity index (χ4v) is 3.77. The van der Waals surface area contributed by atoms with E-state index in [9.17, 15) is 22.8 Å². The van der Waals surface area contributed by atoms with Crippen LogP contribution in [-0.4, -0.2) is 24.6 Å². The Morgan fingerprint density at radius 1 is 0.917 bits per heavy atom. The van der Waals surface area contributed by atoms with Gasteiger partial charge >= 0.3 is 6.18 Å². The lowest BCUT2D eigenvalue weighted by Gasteiger charge is -2.12. The highest BCUT2D eigenvalue weighted by Gasteiger charge is 2.34. The van der Waals surface area contributed by atoms with Crippen molar-refractivity contribution in [2.45, 2.75) is 6.18 Å². The summed E-state index contributed by atoms with van der Waals surface area (Å²) < 4.78 is 44.6. The van der Waals surface area contributed by atoms with E-state index in [0.717, 1.165) is 18.3 Å². The standard InChI is InChI=1S/C23H14Cl4F3N3O3/c24-16-6-5-13(9-17(16)25)32-20(34)11-36-21-18(26)7-12(8-19(21)27)10-31-33-22(35)14-3-1-2-4-15(14)23(28,29)30/h1-10H,11H2,(H,32,34)(H,33,35)/b31-10+. The molecule has 0 saturated heterocycles. The molecule has 0 radical (unpaired) electrons. The minimum atomic E-state index is -4.70.